The fraction of sp³-hybridized carbons (Fsp3) is 0.385. The van der Waals surface area contributed by atoms with Crippen LogP contribution in [0.2, 0.25) is 0 Å². The summed E-state index contributed by atoms with van der Waals surface area (Å²) >= 11 is 4.52. The van der Waals surface area contributed by atoms with Gasteiger partial charge in [0.2, 0.25) is 0 Å². The highest BCUT2D eigenvalue weighted by Crippen LogP contribution is 2.22. The Labute approximate surface area is 130 Å². The molecule has 20 heavy (non-hydrogen) atoms. The number of halogens is 1. The van der Waals surface area contributed by atoms with Crippen LogP contribution in [0, 0.1) is 0 Å². The standard InChI is InChI=1S/C13H16BrNO4S/c1-8(15)19-12(16)6-11(13(17)18)20-7-9-2-4-10(14)5-3-9/h2-5,8,11H,6-7,15H2,1H3,(H,17,18). The molecule has 7 heteroatoms. The summed E-state index contributed by atoms with van der Waals surface area (Å²) in [5.41, 5.74) is 6.31. The summed E-state index contributed by atoms with van der Waals surface area (Å²) in [5.74, 6) is -1.13. The van der Waals surface area contributed by atoms with Crippen LogP contribution in [0.3, 0.4) is 0 Å². The maximum absolute atomic E-state index is 11.4. The van der Waals surface area contributed by atoms with E-state index in [2.05, 4.69) is 15.9 Å². The van der Waals surface area contributed by atoms with Gasteiger partial charge in [0, 0.05) is 10.2 Å². The fourth-order valence-electron chi connectivity index (χ4n) is 1.40. The molecule has 1 aromatic carbocycles. The number of hydrogen-bond donors (Lipinski definition) is 2. The van der Waals surface area contributed by atoms with Crippen molar-refractivity contribution in [3.05, 3.63) is 34.3 Å². The summed E-state index contributed by atoms with van der Waals surface area (Å²) in [6.07, 6.45) is -0.925. The van der Waals surface area contributed by atoms with E-state index < -0.39 is 23.4 Å². The highest BCUT2D eigenvalue weighted by atomic mass is 79.9. The summed E-state index contributed by atoms with van der Waals surface area (Å²) in [5, 5.41) is 8.27. The zero-order valence-electron chi connectivity index (χ0n) is 10.9. The van der Waals surface area contributed by atoms with Gasteiger partial charge in [-0.15, -0.1) is 11.8 Å². The molecule has 2 unspecified atom stereocenters. The molecule has 5 nitrogen and oxygen atoms in total. The molecule has 110 valence electrons. The van der Waals surface area contributed by atoms with E-state index in [1.165, 1.54) is 18.7 Å². The van der Waals surface area contributed by atoms with Gasteiger partial charge in [0.25, 0.3) is 0 Å². The summed E-state index contributed by atoms with van der Waals surface area (Å²) in [7, 11) is 0. The lowest BCUT2D eigenvalue weighted by atomic mass is 10.2. The van der Waals surface area contributed by atoms with E-state index in [4.69, 9.17) is 15.6 Å². The van der Waals surface area contributed by atoms with Gasteiger partial charge in [0.15, 0.2) is 0 Å². The van der Waals surface area contributed by atoms with Crippen molar-refractivity contribution in [1.29, 1.82) is 0 Å². The number of nitrogens with two attached hydrogens (primary N) is 1. The summed E-state index contributed by atoms with van der Waals surface area (Å²) in [6.45, 7) is 1.52. The van der Waals surface area contributed by atoms with Crippen LogP contribution in [-0.4, -0.2) is 28.5 Å². The van der Waals surface area contributed by atoms with Crippen molar-refractivity contribution >= 4 is 39.6 Å². The van der Waals surface area contributed by atoms with Gasteiger partial charge in [-0.3, -0.25) is 15.3 Å². The smallest absolute Gasteiger partial charge is 0.317 e. The van der Waals surface area contributed by atoms with E-state index in [0.717, 1.165) is 10.0 Å². The minimum Gasteiger partial charge on any atom is -0.480 e. The van der Waals surface area contributed by atoms with Crippen LogP contribution in [0.15, 0.2) is 28.7 Å². The van der Waals surface area contributed by atoms with Gasteiger partial charge in [0.1, 0.15) is 11.5 Å². The third kappa shape index (κ3) is 6.40. The predicted octanol–water partition coefficient (Wildman–Crippen LogP) is 2.37. The van der Waals surface area contributed by atoms with Crippen molar-refractivity contribution in [2.75, 3.05) is 0 Å². The first kappa shape index (κ1) is 17.0. The molecule has 0 aliphatic rings. The summed E-state index contributed by atoms with van der Waals surface area (Å²) in [4.78, 5) is 22.6. The minimum atomic E-state index is -1.03. The number of ether oxygens (including phenoxy) is 1. The molecule has 1 aromatic rings. The normalized spacial score (nSPS) is 13.6. The van der Waals surface area contributed by atoms with Gasteiger partial charge in [-0.1, -0.05) is 28.1 Å². The van der Waals surface area contributed by atoms with Crippen molar-refractivity contribution in [3.63, 3.8) is 0 Å². The maximum atomic E-state index is 11.4. The first-order valence-electron chi connectivity index (χ1n) is 5.92. The number of aliphatic carboxylic acids is 1. The van der Waals surface area contributed by atoms with E-state index in [1.54, 1.807) is 0 Å². The van der Waals surface area contributed by atoms with Crippen LogP contribution in [0.5, 0.6) is 0 Å². The minimum absolute atomic E-state index is 0.196. The van der Waals surface area contributed by atoms with Gasteiger partial charge in [-0.2, -0.15) is 0 Å². The zero-order valence-corrected chi connectivity index (χ0v) is 13.3. The Bertz CT molecular complexity index is 464. The number of thioether (sulfide) groups is 1. The molecule has 0 saturated carbocycles. The Balaban J connectivity index is 2.53. The van der Waals surface area contributed by atoms with Gasteiger partial charge in [-0.05, 0) is 24.6 Å². The highest BCUT2D eigenvalue weighted by Gasteiger charge is 2.23. The molecular formula is C13H16BrNO4S. The number of rotatable bonds is 7. The molecule has 0 saturated heterocycles. The quantitative estimate of drug-likeness (QED) is 0.572. The van der Waals surface area contributed by atoms with E-state index in [9.17, 15) is 9.59 Å². The molecule has 0 radical (unpaired) electrons. The van der Waals surface area contributed by atoms with E-state index >= 15 is 0 Å². The first-order chi connectivity index (χ1) is 9.38. The zero-order chi connectivity index (χ0) is 15.1. The number of carboxylic acid groups (broad SMARTS) is 1. The first-order valence-corrected chi connectivity index (χ1v) is 7.76. The van der Waals surface area contributed by atoms with E-state index in [-0.39, 0.29) is 6.42 Å². The largest absolute Gasteiger partial charge is 0.480 e. The Morgan fingerprint density at radius 3 is 2.50 bits per heavy atom. The average Bonchev–Trinajstić information content (AvgIpc) is 2.35. The average molecular weight is 362 g/mol. The van der Waals surface area contributed by atoms with Gasteiger partial charge < -0.3 is 9.84 Å². The number of esters is 1. The molecule has 0 aromatic heterocycles. The second kappa shape index (κ2) is 8.28. The van der Waals surface area contributed by atoms with Crippen molar-refractivity contribution in [2.45, 2.75) is 30.6 Å². The molecule has 0 fully saturated rings. The number of carboxylic acids is 1. The van der Waals surface area contributed by atoms with Crippen LogP contribution >= 0.6 is 27.7 Å². The van der Waals surface area contributed by atoms with Crippen molar-refractivity contribution in [3.8, 4) is 0 Å². The molecule has 0 aliphatic heterocycles. The number of carbonyl (C=O) groups excluding carboxylic acids is 1. The molecule has 0 aliphatic carbocycles. The Morgan fingerprint density at radius 1 is 1.40 bits per heavy atom. The second-order valence-corrected chi connectivity index (χ2v) is 6.27. The fourth-order valence-corrected chi connectivity index (χ4v) is 2.65. The van der Waals surface area contributed by atoms with Crippen LogP contribution in [0.25, 0.3) is 0 Å². The molecular weight excluding hydrogens is 346 g/mol. The number of benzene rings is 1. The number of hydrogen-bond acceptors (Lipinski definition) is 5. The molecule has 3 N–H and O–H groups in total. The third-order valence-corrected chi connectivity index (χ3v) is 4.11. The van der Waals surface area contributed by atoms with Crippen LogP contribution in [0.4, 0.5) is 0 Å². The Morgan fingerprint density at radius 2 is 2.00 bits per heavy atom. The number of carbonyl (C=O) groups is 2. The van der Waals surface area contributed by atoms with Crippen LogP contribution in [0.1, 0.15) is 18.9 Å². The van der Waals surface area contributed by atoms with Crippen molar-refractivity contribution in [1.82, 2.24) is 0 Å². The molecule has 0 spiro atoms. The SMILES string of the molecule is CC(N)OC(=O)CC(SCc1ccc(Br)cc1)C(=O)O. The van der Waals surface area contributed by atoms with Crippen molar-refractivity contribution < 1.29 is 19.4 Å². The lowest BCUT2D eigenvalue weighted by Gasteiger charge is -2.13. The molecule has 0 heterocycles. The Kier molecular flexibility index (Phi) is 7.04. The molecule has 2 atom stereocenters. The molecule has 0 bridgehead atoms. The van der Waals surface area contributed by atoms with Gasteiger partial charge in [-0.25, -0.2) is 0 Å². The molecule has 0 amide bonds. The van der Waals surface area contributed by atoms with Gasteiger partial charge in [0.05, 0.1) is 6.42 Å². The molecule has 1 rings (SSSR count). The predicted molar refractivity (Wildman–Crippen MR) is 81.2 cm³/mol. The van der Waals surface area contributed by atoms with Crippen LogP contribution < -0.4 is 5.73 Å². The Hall–Kier alpha value is -1.05. The monoisotopic (exact) mass is 361 g/mol. The summed E-state index contributed by atoms with van der Waals surface area (Å²) < 4.78 is 5.71. The van der Waals surface area contributed by atoms with Crippen molar-refractivity contribution in [2.24, 2.45) is 5.73 Å². The summed E-state index contributed by atoms with van der Waals surface area (Å²) in [6, 6.07) is 7.57. The van der Waals surface area contributed by atoms with Gasteiger partial charge >= 0.3 is 11.9 Å². The third-order valence-electron chi connectivity index (χ3n) is 2.31. The van der Waals surface area contributed by atoms with E-state index in [0.29, 0.717) is 5.75 Å². The van der Waals surface area contributed by atoms with Crippen LogP contribution in [-0.2, 0) is 20.1 Å². The van der Waals surface area contributed by atoms with E-state index in [1.807, 2.05) is 24.3 Å². The highest BCUT2D eigenvalue weighted by molar-refractivity contribution is 9.10. The topological polar surface area (TPSA) is 89.6 Å². The lowest BCUT2D eigenvalue weighted by Crippen LogP contribution is -2.27. The lowest BCUT2D eigenvalue weighted by molar-refractivity contribution is -0.150. The maximum Gasteiger partial charge on any atom is 0.317 e. The second-order valence-electron chi connectivity index (χ2n) is 4.16.